The number of nitrogens with zero attached hydrogens (tertiary/aromatic N) is 4. The van der Waals surface area contributed by atoms with Gasteiger partial charge in [0.15, 0.2) is 0 Å². The third-order valence-electron chi connectivity index (χ3n) is 3.55. The van der Waals surface area contributed by atoms with Gasteiger partial charge in [-0.2, -0.15) is 0 Å². The van der Waals surface area contributed by atoms with Crippen molar-refractivity contribution >= 4 is 12.4 Å². The molecule has 0 aliphatic carbocycles. The Hall–Kier alpha value is -0.650. The Labute approximate surface area is 115 Å². The predicted molar refractivity (Wildman–Crippen MR) is 74.8 cm³/mol. The summed E-state index contributed by atoms with van der Waals surface area (Å²) >= 11 is 0. The smallest absolute Gasteiger partial charge is 0.0967 e. The van der Waals surface area contributed by atoms with E-state index >= 15 is 0 Å². The molecule has 2 rings (SSSR count). The zero-order valence-corrected chi connectivity index (χ0v) is 12.3. The van der Waals surface area contributed by atoms with Crippen LogP contribution in [0.15, 0.2) is 6.20 Å². The molecule has 6 heteroatoms. The highest BCUT2D eigenvalue weighted by Crippen LogP contribution is 2.26. The van der Waals surface area contributed by atoms with Crippen LogP contribution in [0.4, 0.5) is 0 Å². The molecule has 18 heavy (non-hydrogen) atoms. The first-order valence-electron chi connectivity index (χ1n) is 6.39. The molecular formula is C12H24ClN5. The molecule has 1 fully saturated rings. The fourth-order valence-corrected chi connectivity index (χ4v) is 2.52. The Morgan fingerprint density at radius 3 is 2.83 bits per heavy atom. The van der Waals surface area contributed by atoms with Crippen LogP contribution in [0.3, 0.4) is 0 Å². The third-order valence-corrected chi connectivity index (χ3v) is 3.55. The van der Waals surface area contributed by atoms with Crippen LogP contribution >= 0.6 is 12.4 Å². The topological polar surface area (TPSA) is 46.0 Å². The molecule has 0 bridgehead atoms. The zero-order chi connectivity index (χ0) is 12.3. The quantitative estimate of drug-likeness (QED) is 0.871. The highest BCUT2D eigenvalue weighted by Gasteiger charge is 2.30. The fourth-order valence-electron chi connectivity index (χ4n) is 2.52. The van der Waals surface area contributed by atoms with Crippen molar-refractivity contribution in [2.45, 2.75) is 26.8 Å². The summed E-state index contributed by atoms with van der Waals surface area (Å²) in [6, 6.07) is 0. The molecule has 0 radical (unpaired) electrons. The second kappa shape index (κ2) is 6.50. The molecule has 0 aromatic carbocycles. The Balaban J connectivity index is 0.00000162. The second-order valence-corrected chi connectivity index (χ2v) is 5.42. The Kier molecular flexibility index (Phi) is 5.56. The van der Waals surface area contributed by atoms with Crippen molar-refractivity contribution < 1.29 is 0 Å². The van der Waals surface area contributed by atoms with Gasteiger partial charge in [0.05, 0.1) is 5.69 Å². The van der Waals surface area contributed by atoms with Crippen LogP contribution < -0.4 is 5.32 Å². The number of aryl methyl sites for hydroxylation is 1. The Bertz CT molecular complexity index is 359. The van der Waals surface area contributed by atoms with Crippen LogP contribution in [0.1, 0.15) is 26.0 Å². The van der Waals surface area contributed by atoms with Gasteiger partial charge in [0, 0.05) is 32.9 Å². The summed E-state index contributed by atoms with van der Waals surface area (Å²) < 4.78 is 1.77. The Morgan fingerprint density at radius 2 is 2.33 bits per heavy atom. The lowest BCUT2D eigenvalue weighted by Crippen LogP contribution is -2.37. The minimum atomic E-state index is 0. The summed E-state index contributed by atoms with van der Waals surface area (Å²) in [5.74, 6) is 0. The van der Waals surface area contributed by atoms with Crippen molar-refractivity contribution in [3.63, 3.8) is 0 Å². The van der Waals surface area contributed by atoms with Gasteiger partial charge in [-0.1, -0.05) is 19.1 Å². The van der Waals surface area contributed by atoms with Gasteiger partial charge in [-0.05, 0) is 24.9 Å². The van der Waals surface area contributed by atoms with Gasteiger partial charge < -0.3 is 5.32 Å². The van der Waals surface area contributed by atoms with E-state index < -0.39 is 0 Å². The molecule has 5 nitrogen and oxygen atoms in total. The van der Waals surface area contributed by atoms with Crippen molar-refractivity contribution in [2.24, 2.45) is 12.5 Å². The van der Waals surface area contributed by atoms with Crippen LogP contribution in [0.25, 0.3) is 0 Å². The minimum Gasteiger partial charge on any atom is -0.316 e. The van der Waals surface area contributed by atoms with E-state index in [9.17, 15) is 0 Å². The molecule has 0 spiro atoms. The van der Waals surface area contributed by atoms with Gasteiger partial charge in [0.1, 0.15) is 0 Å². The molecule has 0 saturated carbocycles. The van der Waals surface area contributed by atoms with Crippen molar-refractivity contribution in [1.82, 2.24) is 25.2 Å². The highest BCUT2D eigenvalue weighted by atomic mass is 35.5. The van der Waals surface area contributed by atoms with Crippen LogP contribution in [-0.2, 0) is 13.6 Å². The summed E-state index contributed by atoms with van der Waals surface area (Å²) in [6.45, 7) is 9.96. The lowest BCUT2D eigenvalue weighted by atomic mass is 9.89. The van der Waals surface area contributed by atoms with Gasteiger partial charge in [-0.3, -0.25) is 9.58 Å². The molecular weight excluding hydrogens is 250 g/mol. The van der Waals surface area contributed by atoms with E-state index in [-0.39, 0.29) is 12.4 Å². The van der Waals surface area contributed by atoms with E-state index in [0.29, 0.717) is 5.41 Å². The van der Waals surface area contributed by atoms with Crippen molar-refractivity contribution in [3.05, 3.63) is 11.9 Å². The van der Waals surface area contributed by atoms with E-state index in [4.69, 9.17) is 0 Å². The second-order valence-electron chi connectivity index (χ2n) is 5.42. The summed E-state index contributed by atoms with van der Waals surface area (Å²) in [6.07, 6.45) is 3.27. The lowest BCUT2D eigenvalue weighted by molar-refractivity contribution is 0.176. The summed E-state index contributed by atoms with van der Waals surface area (Å²) in [7, 11) is 1.91. The molecule has 1 aromatic heterocycles. The lowest BCUT2D eigenvalue weighted by Gasteiger charge is -2.30. The fraction of sp³-hybridized carbons (Fsp3) is 0.833. The molecule has 1 saturated heterocycles. The van der Waals surface area contributed by atoms with Crippen LogP contribution in [-0.4, -0.2) is 46.1 Å². The first-order chi connectivity index (χ1) is 8.11. The predicted octanol–water partition coefficient (Wildman–Crippen LogP) is 1.06. The van der Waals surface area contributed by atoms with Crippen molar-refractivity contribution in [3.8, 4) is 0 Å². The maximum atomic E-state index is 4.16. The van der Waals surface area contributed by atoms with E-state index in [1.165, 1.54) is 6.42 Å². The highest BCUT2D eigenvalue weighted by molar-refractivity contribution is 5.85. The summed E-state index contributed by atoms with van der Waals surface area (Å²) in [4.78, 5) is 2.46. The van der Waals surface area contributed by atoms with Gasteiger partial charge in [0.25, 0.3) is 0 Å². The van der Waals surface area contributed by atoms with Gasteiger partial charge in [0.2, 0.25) is 0 Å². The minimum absolute atomic E-state index is 0. The maximum Gasteiger partial charge on any atom is 0.0967 e. The monoisotopic (exact) mass is 273 g/mol. The molecule has 1 atom stereocenters. The van der Waals surface area contributed by atoms with E-state index in [1.807, 2.05) is 13.2 Å². The number of rotatable bonds is 5. The molecule has 2 heterocycles. The third kappa shape index (κ3) is 3.93. The molecule has 1 aliphatic rings. The molecule has 1 unspecified atom stereocenters. The molecule has 1 aromatic rings. The van der Waals surface area contributed by atoms with Gasteiger partial charge >= 0.3 is 0 Å². The van der Waals surface area contributed by atoms with Gasteiger partial charge in [-0.25, -0.2) is 0 Å². The first-order valence-corrected chi connectivity index (χ1v) is 6.39. The zero-order valence-electron chi connectivity index (χ0n) is 11.5. The average molecular weight is 274 g/mol. The normalized spacial score (nSPS) is 23.3. The number of hydrogen-bond donors (Lipinski definition) is 1. The van der Waals surface area contributed by atoms with E-state index in [0.717, 1.165) is 38.4 Å². The van der Waals surface area contributed by atoms with Gasteiger partial charge in [-0.15, -0.1) is 17.5 Å². The van der Waals surface area contributed by atoms with E-state index in [2.05, 4.69) is 34.4 Å². The Morgan fingerprint density at radius 1 is 1.56 bits per heavy atom. The maximum absolute atomic E-state index is 4.16. The number of nitrogens with one attached hydrogen (secondary N) is 1. The molecule has 104 valence electrons. The number of aromatic nitrogens is 3. The first kappa shape index (κ1) is 15.4. The average Bonchev–Trinajstić information content (AvgIpc) is 2.87. The number of halogens is 1. The summed E-state index contributed by atoms with van der Waals surface area (Å²) in [5, 5.41) is 11.6. The summed E-state index contributed by atoms with van der Waals surface area (Å²) in [5.41, 5.74) is 1.47. The van der Waals surface area contributed by atoms with Crippen molar-refractivity contribution in [1.29, 1.82) is 0 Å². The molecule has 0 amide bonds. The van der Waals surface area contributed by atoms with Crippen molar-refractivity contribution in [2.75, 3.05) is 26.2 Å². The van der Waals surface area contributed by atoms with Crippen LogP contribution in [0.2, 0.25) is 0 Å². The molecule has 1 N–H and O–H groups in total. The van der Waals surface area contributed by atoms with Crippen LogP contribution in [0, 0.1) is 5.41 Å². The molecule has 1 aliphatic heterocycles. The van der Waals surface area contributed by atoms with Crippen LogP contribution in [0.5, 0.6) is 0 Å². The largest absolute Gasteiger partial charge is 0.316 e. The van der Waals surface area contributed by atoms with E-state index in [1.54, 1.807) is 4.68 Å². The standard InChI is InChI=1S/C12H23N5.ClH/c1-4-17(8-11-7-16(3)15-14-11)10-12(2)5-6-13-9-12;/h7,13H,4-6,8-10H2,1-3H3;1H. The SMILES string of the molecule is CCN(Cc1cn(C)nn1)CC1(C)CCNC1.Cl. The number of hydrogen-bond acceptors (Lipinski definition) is 4.